The first-order valence-electron chi connectivity index (χ1n) is 6.86. The Kier molecular flexibility index (Phi) is 5.46. The number of benzene rings is 1. The number of hydrogen-bond donors (Lipinski definition) is 1. The molecule has 1 aliphatic rings. The van der Waals surface area contributed by atoms with Crippen molar-refractivity contribution < 1.29 is 12.8 Å². The Morgan fingerprint density at radius 3 is 2.75 bits per heavy atom. The van der Waals surface area contributed by atoms with Crippen LogP contribution in [0.3, 0.4) is 0 Å². The van der Waals surface area contributed by atoms with Crippen molar-refractivity contribution in [2.24, 2.45) is 0 Å². The van der Waals surface area contributed by atoms with E-state index in [0.717, 1.165) is 11.3 Å². The molecule has 1 saturated carbocycles. The molecule has 0 aromatic heterocycles. The second-order valence-corrected chi connectivity index (χ2v) is 8.25. The van der Waals surface area contributed by atoms with E-state index in [1.807, 2.05) is 0 Å². The van der Waals surface area contributed by atoms with E-state index in [1.165, 1.54) is 37.8 Å². The van der Waals surface area contributed by atoms with Crippen LogP contribution in [0, 0.1) is 12.7 Å². The number of sulfonamides is 1. The van der Waals surface area contributed by atoms with Crippen LogP contribution in [0.1, 0.15) is 31.2 Å². The molecule has 1 aromatic carbocycles. The molecule has 2 rings (SSSR count). The van der Waals surface area contributed by atoms with Crippen molar-refractivity contribution in [3.05, 3.63) is 29.6 Å². The number of nitrogens with one attached hydrogen (secondary N) is 1. The molecule has 0 atom stereocenters. The van der Waals surface area contributed by atoms with Crippen LogP contribution in [-0.2, 0) is 10.0 Å². The first-order valence-corrected chi connectivity index (χ1v) is 9.39. The van der Waals surface area contributed by atoms with Gasteiger partial charge < -0.3 is 0 Å². The van der Waals surface area contributed by atoms with Crippen LogP contribution in [0.15, 0.2) is 23.1 Å². The predicted octanol–water partition coefficient (Wildman–Crippen LogP) is 3.09. The molecule has 0 amide bonds. The van der Waals surface area contributed by atoms with Crippen LogP contribution in [0.5, 0.6) is 0 Å². The number of aryl methyl sites for hydroxylation is 1. The van der Waals surface area contributed by atoms with Crippen molar-refractivity contribution in [1.29, 1.82) is 0 Å². The van der Waals surface area contributed by atoms with Gasteiger partial charge in [0.1, 0.15) is 10.7 Å². The molecule has 0 unspecified atom stereocenters. The summed E-state index contributed by atoms with van der Waals surface area (Å²) >= 11 is 1.81. The fourth-order valence-electron chi connectivity index (χ4n) is 2.35. The molecule has 0 saturated heterocycles. The normalized spacial score (nSPS) is 16.7. The highest BCUT2D eigenvalue weighted by molar-refractivity contribution is 8.00. The molecule has 112 valence electrons. The van der Waals surface area contributed by atoms with Crippen molar-refractivity contribution in [2.75, 3.05) is 12.3 Å². The molecule has 0 heterocycles. The molecule has 0 bridgehead atoms. The van der Waals surface area contributed by atoms with Gasteiger partial charge in [-0.1, -0.05) is 18.9 Å². The smallest absolute Gasteiger partial charge is 0.210 e. The molecule has 0 radical (unpaired) electrons. The van der Waals surface area contributed by atoms with E-state index < -0.39 is 15.8 Å². The molecule has 6 heteroatoms. The van der Waals surface area contributed by atoms with E-state index in [4.69, 9.17) is 0 Å². The quantitative estimate of drug-likeness (QED) is 0.820. The molecule has 3 nitrogen and oxygen atoms in total. The lowest BCUT2D eigenvalue weighted by molar-refractivity contribution is 0.558. The maximum Gasteiger partial charge on any atom is 0.243 e. The number of hydrogen-bond acceptors (Lipinski definition) is 3. The van der Waals surface area contributed by atoms with Gasteiger partial charge in [0.05, 0.1) is 0 Å². The molecule has 20 heavy (non-hydrogen) atoms. The highest BCUT2D eigenvalue weighted by atomic mass is 32.2. The summed E-state index contributed by atoms with van der Waals surface area (Å²) in [6.07, 6.45) is 5.00. The average molecular weight is 317 g/mol. The van der Waals surface area contributed by atoms with Crippen molar-refractivity contribution in [3.63, 3.8) is 0 Å². The zero-order chi connectivity index (χ0) is 14.6. The van der Waals surface area contributed by atoms with Crippen molar-refractivity contribution in [1.82, 2.24) is 4.72 Å². The summed E-state index contributed by atoms with van der Waals surface area (Å²) in [4.78, 5) is -0.261. The molecule has 1 aromatic rings. The summed E-state index contributed by atoms with van der Waals surface area (Å²) in [6, 6.07) is 4.11. The third kappa shape index (κ3) is 4.20. The fraction of sp³-hybridized carbons (Fsp3) is 0.571. The van der Waals surface area contributed by atoms with Crippen molar-refractivity contribution >= 4 is 21.8 Å². The van der Waals surface area contributed by atoms with Gasteiger partial charge in [0.15, 0.2) is 0 Å². The Morgan fingerprint density at radius 1 is 1.35 bits per heavy atom. The molecule has 0 aliphatic heterocycles. The molecular weight excluding hydrogens is 297 g/mol. The van der Waals surface area contributed by atoms with Crippen LogP contribution in [-0.4, -0.2) is 26.0 Å². The van der Waals surface area contributed by atoms with Crippen LogP contribution < -0.4 is 4.72 Å². The van der Waals surface area contributed by atoms with Gasteiger partial charge in [0.25, 0.3) is 0 Å². The molecule has 1 fully saturated rings. The predicted molar refractivity (Wildman–Crippen MR) is 81.0 cm³/mol. The largest absolute Gasteiger partial charge is 0.243 e. The third-order valence-electron chi connectivity index (χ3n) is 3.43. The van der Waals surface area contributed by atoms with Gasteiger partial charge in [-0.15, -0.1) is 0 Å². The van der Waals surface area contributed by atoms with Crippen LogP contribution in [0.4, 0.5) is 4.39 Å². The van der Waals surface area contributed by atoms with E-state index in [2.05, 4.69) is 4.72 Å². The Labute approximate surface area is 124 Å². The fourth-order valence-corrected chi connectivity index (χ4v) is 4.89. The van der Waals surface area contributed by atoms with E-state index in [0.29, 0.717) is 11.8 Å². The monoisotopic (exact) mass is 317 g/mol. The minimum Gasteiger partial charge on any atom is -0.210 e. The van der Waals surface area contributed by atoms with Crippen LogP contribution >= 0.6 is 11.8 Å². The van der Waals surface area contributed by atoms with Gasteiger partial charge in [0.2, 0.25) is 10.0 Å². The Balaban J connectivity index is 1.88. The SMILES string of the molecule is Cc1ccc(F)c(S(=O)(=O)NCCSC2CCCC2)c1. The minimum absolute atomic E-state index is 0.261. The second kappa shape index (κ2) is 6.91. The van der Waals surface area contributed by atoms with Gasteiger partial charge in [-0.2, -0.15) is 11.8 Å². The summed E-state index contributed by atoms with van der Waals surface area (Å²) in [7, 11) is -3.75. The van der Waals surface area contributed by atoms with E-state index >= 15 is 0 Å². The Hall–Kier alpha value is -0.590. The van der Waals surface area contributed by atoms with Gasteiger partial charge in [-0.25, -0.2) is 17.5 Å². The minimum atomic E-state index is -3.75. The van der Waals surface area contributed by atoms with E-state index in [1.54, 1.807) is 24.8 Å². The standard InChI is InChI=1S/C14H20FNO2S2/c1-11-6-7-13(15)14(10-11)20(17,18)16-8-9-19-12-4-2-3-5-12/h6-7,10,12,16H,2-5,8-9H2,1H3. The highest BCUT2D eigenvalue weighted by Crippen LogP contribution is 2.29. The second-order valence-electron chi connectivity index (χ2n) is 5.11. The third-order valence-corrected chi connectivity index (χ3v) is 6.28. The van der Waals surface area contributed by atoms with Gasteiger partial charge in [-0.3, -0.25) is 0 Å². The van der Waals surface area contributed by atoms with Gasteiger partial charge >= 0.3 is 0 Å². The van der Waals surface area contributed by atoms with E-state index in [-0.39, 0.29) is 4.90 Å². The highest BCUT2D eigenvalue weighted by Gasteiger charge is 2.19. The Morgan fingerprint density at radius 2 is 2.05 bits per heavy atom. The summed E-state index contributed by atoms with van der Waals surface area (Å²) in [6.45, 7) is 2.09. The maximum absolute atomic E-state index is 13.6. The van der Waals surface area contributed by atoms with Crippen LogP contribution in [0.2, 0.25) is 0 Å². The summed E-state index contributed by atoms with van der Waals surface area (Å²) < 4.78 is 40.2. The van der Waals surface area contributed by atoms with E-state index in [9.17, 15) is 12.8 Å². The summed E-state index contributed by atoms with van der Waals surface area (Å²) in [5.74, 6) is 0.0312. The lowest BCUT2D eigenvalue weighted by Gasteiger charge is -2.10. The number of rotatable bonds is 6. The zero-order valence-electron chi connectivity index (χ0n) is 11.6. The topological polar surface area (TPSA) is 46.2 Å². The van der Waals surface area contributed by atoms with Crippen molar-refractivity contribution in [3.8, 4) is 0 Å². The Bertz CT molecular complexity index is 554. The number of thioether (sulfide) groups is 1. The molecule has 1 N–H and O–H groups in total. The first kappa shape index (κ1) is 15.8. The average Bonchev–Trinajstić information content (AvgIpc) is 2.90. The van der Waals surface area contributed by atoms with Crippen LogP contribution in [0.25, 0.3) is 0 Å². The van der Waals surface area contributed by atoms with Gasteiger partial charge in [0, 0.05) is 17.5 Å². The van der Waals surface area contributed by atoms with Crippen molar-refractivity contribution in [2.45, 2.75) is 42.8 Å². The molecule has 1 aliphatic carbocycles. The number of halogens is 1. The lowest BCUT2D eigenvalue weighted by atomic mass is 10.2. The lowest BCUT2D eigenvalue weighted by Crippen LogP contribution is -2.27. The summed E-state index contributed by atoms with van der Waals surface area (Å²) in [5, 5.41) is 0.662. The van der Waals surface area contributed by atoms with Gasteiger partial charge in [-0.05, 0) is 37.5 Å². The molecular formula is C14H20FNO2S2. The first-order chi connectivity index (χ1) is 9.49. The zero-order valence-corrected chi connectivity index (χ0v) is 13.2. The maximum atomic E-state index is 13.6. The molecule has 0 spiro atoms. The summed E-state index contributed by atoms with van der Waals surface area (Å²) in [5.41, 5.74) is 0.729.